The Labute approximate surface area is 156 Å². The van der Waals surface area contributed by atoms with Crippen LogP contribution >= 0.6 is 0 Å². The lowest BCUT2D eigenvalue weighted by molar-refractivity contribution is 0.251. The molecule has 5 rings (SSSR count). The number of carbonyl (C=O) groups excluding carboxylic acids is 1. The summed E-state index contributed by atoms with van der Waals surface area (Å²) >= 11 is 0. The van der Waals surface area contributed by atoms with E-state index in [4.69, 9.17) is 0 Å². The van der Waals surface area contributed by atoms with Crippen LogP contribution in [0.25, 0.3) is 22.3 Å². The van der Waals surface area contributed by atoms with Crippen molar-refractivity contribution in [3.8, 4) is 11.3 Å². The molecule has 1 unspecified atom stereocenters. The first-order valence-electron chi connectivity index (χ1n) is 8.94. The number of aromatic nitrogens is 3. The molecule has 6 nitrogen and oxygen atoms in total. The van der Waals surface area contributed by atoms with E-state index in [9.17, 15) is 4.79 Å². The van der Waals surface area contributed by atoms with Crippen LogP contribution < -0.4 is 10.2 Å². The molecule has 2 aromatic heterocycles. The minimum absolute atomic E-state index is 0.0442. The van der Waals surface area contributed by atoms with Gasteiger partial charge in [-0.25, -0.2) is 9.78 Å². The zero-order valence-electron chi connectivity index (χ0n) is 14.9. The van der Waals surface area contributed by atoms with Crippen LogP contribution in [0.4, 0.5) is 10.5 Å². The van der Waals surface area contributed by atoms with Crippen molar-refractivity contribution in [1.82, 2.24) is 20.3 Å². The molecule has 4 aromatic rings. The van der Waals surface area contributed by atoms with Crippen molar-refractivity contribution in [3.63, 3.8) is 0 Å². The second-order valence-corrected chi connectivity index (χ2v) is 6.89. The first-order chi connectivity index (χ1) is 13.2. The average molecular weight is 357 g/mol. The van der Waals surface area contributed by atoms with Gasteiger partial charge in [-0.2, -0.15) is 0 Å². The molecule has 27 heavy (non-hydrogen) atoms. The number of rotatable bonds is 3. The van der Waals surface area contributed by atoms with E-state index in [1.54, 1.807) is 6.33 Å². The lowest BCUT2D eigenvalue weighted by Crippen LogP contribution is -2.29. The standard InChI is InChI=1S/C21H19N5O/c1-13-8-18(22-10-13)14-2-4-15(5-3-14)20-11-23-21(27)26(20)16-6-7-17-19(9-16)25-12-24-17/h2-10,12,20,22H,11H2,1H3,(H,23,27)(H,24,25). The maximum Gasteiger partial charge on any atom is 0.322 e. The van der Waals surface area contributed by atoms with E-state index in [0.29, 0.717) is 6.54 Å². The number of benzene rings is 2. The molecule has 0 bridgehead atoms. The molecule has 0 radical (unpaired) electrons. The largest absolute Gasteiger partial charge is 0.361 e. The van der Waals surface area contributed by atoms with E-state index in [0.717, 1.165) is 33.5 Å². The summed E-state index contributed by atoms with van der Waals surface area (Å²) in [7, 11) is 0. The van der Waals surface area contributed by atoms with E-state index in [2.05, 4.69) is 57.5 Å². The lowest BCUT2D eigenvalue weighted by Gasteiger charge is -2.23. The normalized spacial score (nSPS) is 16.9. The van der Waals surface area contributed by atoms with Crippen molar-refractivity contribution >= 4 is 22.8 Å². The number of hydrogen-bond acceptors (Lipinski definition) is 2. The Morgan fingerprint density at radius 2 is 1.93 bits per heavy atom. The SMILES string of the molecule is Cc1c[nH]c(-c2ccc(C3CNC(=O)N3c3ccc4nc[nH]c4c3)cc2)c1. The Morgan fingerprint density at radius 3 is 2.70 bits per heavy atom. The van der Waals surface area contributed by atoms with Crippen LogP contribution in [0.2, 0.25) is 0 Å². The minimum atomic E-state index is -0.0806. The number of fused-ring (bicyclic) bond motifs is 1. The zero-order chi connectivity index (χ0) is 18.4. The number of hydrogen-bond donors (Lipinski definition) is 3. The van der Waals surface area contributed by atoms with Gasteiger partial charge in [-0.1, -0.05) is 24.3 Å². The predicted octanol–water partition coefficient (Wildman–Crippen LogP) is 4.14. The van der Waals surface area contributed by atoms with Crippen molar-refractivity contribution in [3.05, 3.63) is 72.2 Å². The maximum atomic E-state index is 12.5. The molecular formula is C21H19N5O. The van der Waals surface area contributed by atoms with Gasteiger partial charge >= 0.3 is 6.03 Å². The highest BCUT2D eigenvalue weighted by Gasteiger charge is 2.33. The average Bonchev–Trinajstić information content (AvgIpc) is 3.41. The fourth-order valence-corrected chi connectivity index (χ4v) is 3.69. The van der Waals surface area contributed by atoms with Gasteiger partial charge < -0.3 is 15.3 Å². The summed E-state index contributed by atoms with van der Waals surface area (Å²) in [5.74, 6) is 0. The highest BCUT2D eigenvalue weighted by Crippen LogP contribution is 2.33. The van der Waals surface area contributed by atoms with Crippen molar-refractivity contribution in [2.24, 2.45) is 0 Å². The highest BCUT2D eigenvalue weighted by atomic mass is 16.2. The van der Waals surface area contributed by atoms with Crippen molar-refractivity contribution in [2.75, 3.05) is 11.4 Å². The van der Waals surface area contributed by atoms with E-state index in [1.807, 2.05) is 29.3 Å². The third-order valence-corrected chi connectivity index (χ3v) is 5.09. The van der Waals surface area contributed by atoms with Crippen LogP contribution in [0.15, 0.2) is 61.1 Å². The van der Waals surface area contributed by atoms with Gasteiger partial charge in [0.2, 0.25) is 0 Å². The number of H-pyrrole nitrogens is 2. The van der Waals surface area contributed by atoms with Crippen LogP contribution in [-0.4, -0.2) is 27.5 Å². The van der Waals surface area contributed by atoms with Gasteiger partial charge in [0.1, 0.15) is 0 Å². The van der Waals surface area contributed by atoms with Gasteiger partial charge in [0.15, 0.2) is 0 Å². The van der Waals surface area contributed by atoms with Crippen molar-refractivity contribution in [2.45, 2.75) is 13.0 Å². The van der Waals surface area contributed by atoms with Gasteiger partial charge in [0.25, 0.3) is 0 Å². The fraction of sp³-hybridized carbons (Fsp3) is 0.143. The maximum absolute atomic E-state index is 12.5. The summed E-state index contributed by atoms with van der Waals surface area (Å²) in [4.78, 5) is 25.0. The first-order valence-corrected chi connectivity index (χ1v) is 8.94. The molecule has 3 heterocycles. The van der Waals surface area contributed by atoms with Crippen LogP contribution in [0.5, 0.6) is 0 Å². The van der Waals surface area contributed by atoms with Gasteiger partial charge in [0.05, 0.1) is 23.4 Å². The lowest BCUT2D eigenvalue weighted by atomic mass is 10.0. The Hall–Kier alpha value is -3.54. The molecule has 0 spiro atoms. The second-order valence-electron chi connectivity index (χ2n) is 6.89. The predicted molar refractivity (Wildman–Crippen MR) is 106 cm³/mol. The smallest absolute Gasteiger partial charge is 0.322 e. The summed E-state index contributed by atoms with van der Waals surface area (Å²) in [6.45, 7) is 2.65. The van der Waals surface area contributed by atoms with Crippen LogP contribution in [-0.2, 0) is 0 Å². The van der Waals surface area contributed by atoms with E-state index < -0.39 is 0 Å². The molecule has 1 fully saturated rings. The quantitative estimate of drug-likeness (QED) is 0.515. The summed E-state index contributed by atoms with van der Waals surface area (Å²) < 4.78 is 0. The van der Waals surface area contributed by atoms with Crippen molar-refractivity contribution in [1.29, 1.82) is 0 Å². The third-order valence-electron chi connectivity index (χ3n) is 5.09. The summed E-state index contributed by atoms with van der Waals surface area (Å²) in [5, 5.41) is 2.96. The number of amides is 2. The number of urea groups is 1. The molecule has 1 saturated heterocycles. The van der Waals surface area contributed by atoms with Crippen molar-refractivity contribution < 1.29 is 4.79 Å². The van der Waals surface area contributed by atoms with Gasteiger partial charge in [0, 0.05) is 24.1 Å². The van der Waals surface area contributed by atoms with Crippen LogP contribution in [0.3, 0.4) is 0 Å². The molecule has 3 N–H and O–H groups in total. The molecule has 2 amide bonds. The minimum Gasteiger partial charge on any atom is -0.361 e. The van der Waals surface area contributed by atoms with E-state index >= 15 is 0 Å². The molecule has 2 aromatic carbocycles. The molecule has 1 aliphatic heterocycles. The van der Waals surface area contributed by atoms with Crippen LogP contribution in [0, 0.1) is 6.92 Å². The number of anilines is 1. The highest BCUT2D eigenvalue weighted by molar-refractivity contribution is 5.97. The first kappa shape index (κ1) is 15.7. The molecular weight excluding hydrogens is 338 g/mol. The molecule has 0 aliphatic carbocycles. The van der Waals surface area contributed by atoms with Gasteiger partial charge in [-0.3, -0.25) is 4.90 Å². The summed E-state index contributed by atoms with van der Waals surface area (Å²) in [5.41, 5.74) is 7.21. The summed E-state index contributed by atoms with van der Waals surface area (Å²) in [6.07, 6.45) is 3.66. The van der Waals surface area contributed by atoms with Gasteiger partial charge in [-0.15, -0.1) is 0 Å². The molecule has 0 saturated carbocycles. The Morgan fingerprint density at radius 1 is 1.07 bits per heavy atom. The Balaban J connectivity index is 1.48. The molecule has 1 atom stereocenters. The topological polar surface area (TPSA) is 76.8 Å². The molecule has 6 heteroatoms. The molecule has 134 valence electrons. The third kappa shape index (κ3) is 2.66. The Bertz CT molecular complexity index is 1120. The fourth-order valence-electron chi connectivity index (χ4n) is 3.69. The number of aromatic amines is 2. The van der Waals surface area contributed by atoms with E-state index in [1.165, 1.54) is 5.56 Å². The number of aryl methyl sites for hydroxylation is 1. The number of imidazole rings is 1. The molecule has 1 aliphatic rings. The monoisotopic (exact) mass is 357 g/mol. The van der Waals surface area contributed by atoms with Gasteiger partial charge in [-0.05, 0) is 47.9 Å². The Kier molecular flexibility index (Phi) is 3.50. The summed E-state index contributed by atoms with van der Waals surface area (Å²) in [6, 6.07) is 16.2. The van der Waals surface area contributed by atoms with E-state index in [-0.39, 0.29) is 12.1 Å². The zero-order valence-corrected chi connectivity index (χ0v) is 14.9. The number of nitrogens with zero attached hydrogens (tertiary/aromatic N) is 2. The number of carbonyl (C=O) groups is 1. The van der Waals surface area contributed by atoms with Crippen LogP contribution in [0.1, 0.15) is 17.2 Å². The second kappa shape index (κ2) is 6.02. The number of nitrogens with one attached hydrogen (secondary N) is 3.